The number of rotatable bonds is 4. The quantitative estimate of drug-likeness (QED) is 0.635. The highest BCUT2D eigenvalue weighted by Gasteiger charge is 2.14. The standard InChI is InChI=1S/C7H14N4O2/c1-11(2)4-6-9-7(13-10-6)5(12)3-8/h5,12H,3-4,8H2,1-2H3/t5-/m0/s1. The molecule has 0 unspecified atom stereocenters. The highest BCUT2D eigenvalue weighted by molar-refractivity contribution is 4.89. The summed E-state index contributed by atoms with van der Waals surface area (Å²) >= 11 is 0. The monoisotopic (exact) mass is 186 g/mol. The molecule has 1 aromatic rings. The van der Waals surface area contributed by atoms with Crippen LogP contribution in [-0.4, -0.2) is 40.8 Å². The van der Waals surface area contributed by atoms with Crippen molar-refractivity contribution in [1.29, 1.82) is 0 Å². The van der Waals surface area contributed by atoms with E-state index in [0.29, 0.717) is 12.4 Å². The van der Waals surface area contributed by atoms with E-state index in [4.69, 9.17) is 10.3 Å². The van der Waals surface area contributed by atoms with Crippen molar-refractivity contribution in [2.75, 3.05) is 20.6 Å². The van der Waals surface area contributed by atoms with E-state index in [2.05, 4.69) is 10.1 Å². The highest BCUT2D eigenvalue weighted by Crippen LogP contribution is 2.08. The molecule has 3 N–H and O–H groups in total. The van der Waals surface area contributed by atoms with Crippen LogP contribution in [0.3, 0.4) is 0 Å². The van der Waals surface area contributed by atoms with Crippen molar-refractivity contribution < 1.29 is 9.63 Å². The number of aromatic nitrogens is 2. The summed E-state index contributed by atoms with van der Waals surface area (Å²) in [7, 11) is 3.80. The van der Waals surface area contributed by atoms with Crippen LogP contribution in [0.1, 0.15) is 17.8 Å². The van der Waals surface area contributed by atoms with Gasteiger partial charge < -0.3 is 20.3 Å². The van der Waals surface area contributed by atoms with E-state index < -0.39 is 6.10 Å². The molecule has 0 aliphatic carbocycles. The SMILES string of the molecule is CN(C)Cc1noc([C@@H](O)CN)n1. The molecule has 1 rings (SSSR count). The van der Waals surface area contributed by atoms with Gasteiger partial charge in [0.25, 0.3) is 5.89 Å². The van der Waals surface area contributed by atoms with E-state index in [1.165, 1.54) is 0 Å². The van der Waals surface area contributed by atoms with Gasteiger partial charge in [-0.3, -0.25) is 0 Å². The number of nitrogens with two attached hydrogens (primary N) is 1. The maximum atomic E-state index is 9.24. The van der Waals surface area contributed by atoms with Crippen LogP contribution in [0.2, 0.25) is 0 Å². The van der Waals surface area contributed by atoms with Crippen LogP contribution in [0.25, 0.3) is 0 Å². The summed E-state index contributed by atoms with van der Waals surface area (Å²) in [5.41, 5.74) is 5.23. The third kappa shape index (κ3) is 2.76. The van der Waals surface area contributed by atoms with Gasteiger partial charge in [0.05, 0.1) is 6.54 Å². The first kappa shape index (κ1) is 10.1. The Bertz CT molecular complexity index is 261. The molecule has 6 heteroatoms. The molecule has 0 bridgehead atoms. The fourth-order valence-electron chi connectivity index (χ4n) is 0.851. The topological polar surface area (TPSA) is 88.4 Å². The van der Waals surface area contributed by atoms with E-state index in [-0.39, 0.29) is 12.4 Å². The Labute approximate surface area is 76.3 Å². The van der Waals surface area contributed by atoms with Gasteiger partial charge in [0.2, 0.25) is 0 Å². The lowest BCUT2D eigenvalue weighted by Gasteiger charge is -2.03. The van der Waals surface area contributed by atoms with Crippen molar-refractivity contribution in [2.45, 2.75) is 12.6 Å². The van der Waals surface area contributed by atoms with Crippen molar-refractivity contribution in [2.24, 2.45) is 5.73 Å². The minimum absolute atomic E-state index is 0.0869. The minimum atomic E-state index is -0.858. The third-order valence-corrected chi connectivity index (χ3v) is 1.45. The molecule has 0 saturated carbocycles. The van der Waals surface area contributed by atoms with E-state index in [1.54, 1.807) is 0 Å². The number of hydrogen-bond donors (Lipinski definition) is 2. The Kier molecular flexibility index (Phi) is 3.35. The Hall–Kier alpha value is -0.980. The lowest BCUT2D eigenvalue weighted by molar-refractivity contribution is 0.141. The van der Waals surface area contributed by atoms with Crippen LogP contribution in [-0.2, 0) is 6.54 Å². The second-order valence-electron chi connectivity index (χ2n) is 3.04. The van der Waals surface area contributed by atoms with Gasteiger partial charge in [-0.05, 0) is 14.1 Å². The normalized spacial score (nSPS) is 13.6. The second kappa shape index (κ2) is 4.31. The second-order valence-corrected chi connectivity index (χ2v) is 3.04. The molecule has 1 atom stereocenters. The molecule has 0 saturated heterocycles. The van der Waals surface area contributed by atoms with Gasteiger partial charge in [0.15, 0.2) is 5.82 Å². The number of aliphatic hydroxyl groups is 1. The van der Waals surface area contributed by atoms with Crippen molar-refractivity contribution in [3.63, 3.8) is 0 Å². The summed E-state index contributed by atoms with van der Waals surface area (Å²) in [5.74, 6) is 0.729. The van der Waals surface area contributed by atoms with Gasteiger partial charge in [-0.25, -0.2) is 0 Å². The number of aliphatic hydroxyl groups excluding tert-OH is 1. The van der Waals surface area contributed by atoms with Crippen LogP contribution in [0.5, 0.6) is 0 Å². The summed E-state index contributed by atoms with van der Waals surface area (Å²) in [5, 5.41) is 12.9. The first-order chi connectivity index (χ1) is 6.13. The van der Waals surface area contributed by atoms with E-state index in [0.717, 1.165) is 0 Å². The maximum Gasteiger partial charge on any atom is 0.256 e. The molecule has 6 nitrogen and oxygen atoms in total. The van der Waals surface area contributed by atoms with Crippen molar-refractivity contribution in [3.05, 3.63) is 11.7 Å². The van der Waals surface area contributed by atoms with Gasteiger partial charge >= 0.3 is 0 Å². The van der Waals surface area contributed by atoms with Crippen LogP contribution < -0.4 is 5.73 Å². The third-order valence-electron chi connectivity index (χ3n) is 1.45. The van der Waals surface area contributed by atoms with Gasteiger partial charge in [-0.2, -0.15) is 4.98 Å². The average Bonchev–Trinajstić information content (AvgIpc) is 2.50. The molecule has 0 spiro atoms. The number of nitrogens with zero attached hydrogens (tertiary/aromatic N) is 3. The number of hydrogen-bond acceptors (Lipinski definition) is 6. The molecule has 1 aromatic heterocycles. The Morgan fingerprint density at radius 1 is 1.62 bits per heavy atom. The van der Waals surface area contributed by atoms with Gasteiger partial charge in [-0.1, -0.05) is 5.16 Å². The van der Waals surface area contributed by atoms with E-state index >= 15 is 0 Å². The molecule has 0 aromatic carbocycles. The zero-order valence-corrected chi connectivity index (χ0v) is 7.77. The Balaban J connectivity index is 2.63. The van der Waals surface area contributed by atoms with Gasteiger partial charge in [-0.15, -0.1) is 0 Å². The molecule has 13 heavy (non-hydrogen) atoms. The summed E-state index contributed by atoms with van der Waals surface area (Å²) < 4.78 is 4.80. The molecule has 0 aliphatic rings. The molecule has 0 aliphatic heterocycles. The predicted octanol–water partition coefficient (Wildman–Crippen LogP) is -0.877. The Morgan fingerprint density at radius 3 is 2.85 bits per heavy atom. The van der Waals surface area contributed by atoms with Gasteiger partial charge in [0.1, 0.15) is 6.10 Å². The zero-order chi connectivity index (χ0) is 9.84. The van der Waals surface area contributed by atoms with Crippen LogP contribution >= 0.6 is 0 Å². The lowest BCUT2D eigenvalue weighted by atomic mass is 10.4. The smallest absolute Gasteiger partial charge is 0.256 e. The fourth-order valence-corrected chi connectivity index (χ4v) is 0.851. The molecule has 74 valence electrons. The molecule has 0 radical (unpaired) electrons. The summed E-state index contributed by atoms with van der Waals surface area (Å²) in [6.45, 7) is 0.671. The lowest BCUT2D eigenvalue weighted by Crippen LogP contribution is -2.13. The molecule has 0 fully saturated rings. The van der Waals surface area contributed by atoms with E-state index in [9.17, 15) is 5.11 Å². The average molecular weight is 186 g/mol. The zero-order valence-electron chi connectivity index (χ0n) is 7.77. The minimum Gasteiger partial charge on any atom is -0.382 e. The fraction of sp³-hybridized carbons (Fsp3) is 0.714. The first-order valence-electron chi connectivity index (χ1n) is 3.99. The highest BCUT2D eigenvalue weighted by atomic mass is 16.5. The molecule has 1 heterocycles. The molecular weight excluding hydrogens is 172 g/mol. The van der Waals surface area contributed by atoms with Crippen molar-refractivity contribution in [1.82, 2.24) is 15.0 Å². The van der Waals surface area contributed by atoms with Crippen LogP contribution in [0.15, 0.2) is 4.52 Å². The van der Waals surface area contributed by atoms with Crippen molar-refractivity contribution in [3.8, 4) is 0 Å². The largest absolute Gasteiger partial charge is 0.382 e. The molecule has 0 amide bonds. The van der Waals surface area contributed by atoms with Gasteiger partial charge in [0, 0.05) is 6.54 Å². The van der Waals surface area contributed by atoms with Crippen LogP contribution in [0.4, 0.5) is 0 Å². The first-order valence-corrected chi connectivity index (χ1v) is 3.99. The maximum absolute atomic E-state index is 9.24. The predicted molar refractivity (Wildman–Crippen MR) is 45.7 cm³/mol. The summed E-state index contributed by atoms with van der Waals surface area (Å²) in [6, 6.07) is 0. The van der Waals surface area contributed by atoms with Crippen LogP contribution in [0, 0.1) is 0 Å². The summed E-state index contributed by atoms with van der Waals surface area (Å²) in [6.07, 6.45) is -0.858. The van der Waals surface area contributed by atoms with E-state index in [1.807, 2.05) is 19.0 Å². The van der Waals surface area contributed by atoms with Crippen molar-refractivity contribution >= 4 is 0 Å². The molecular formula is C7H14N4O2. The Morgan fingerprint density at radius 2 is 2.31 bits per heavy atom. The summed E-state index contributed by atoms with van der Waals surface area (Å²) in [4.78, 5) is 5.88.